The number of rotatable bonds is 4. The highest BCUT2D eigenvalue weighted by Gasteiger charge is 2.37. The number of hydrogen-bond donors (Lipinski definition) is 2. The van der Waals surface area contributed by atoms with E-state index >= 15 is 0 Å². The van der Waals surface area contributed by atoms with E-state index in [0.29, 0.717) is 11.5 Å². The number of alkyl halides is 3. The van der Waals surface area contributed by atoms with Gasteiger partial charge in [0.25, 0.3) is 5.91 Å². The largest absolute Gasteiger partial charge is 0.418 e. The molecular weight excluding hydrogens is 409 g/mol. The zero-order chi connectivity index (χ0) is 22.3. The van der Waals surface area contributed by atoms with Crippen molar-refractivity contribution in [1.82, 2.24) is 9.78 Å². The number of nitrogens with one attached hydrogen (secondary N) is 2. The topological polar surface area (TPSA) is 76.0 Å². The minimum absolute atomic E-state index is 0.348. The third-order valence-electron chi connectivity index (χ3n) is 5.15. The summed E-state index contributed by atoms with van der Waals surface area (Å²) >= 11 is 0. The van der Waals surface area contributed by atoms with Crippen LogP contribution >= 0.6 is 0 Å². The molecule has 1 unspecified atom stereocenters. The molecule has 160 valence electrons. The van der Waals surface area contributed by atoms with Crippen molar-refractivity contribution in [2.24, 2.45) is 0 Å². The Morgan fingerprint density at radius 2 is 1.81 bits per heavy atom. The highest BCUT2D eigenvalue weighted by Crippen LogP contribution is 2.39. The van der Waals surface area contributed by atoms with Crippen LogP contribution in [0.2, 0.25) is 0 Å². The lowest BCUT2D eigenvalue weighted by Gasteiger charge is -2.14. The molecule has 3 aromatic rings. The number of aryl methyl sites for hydroxylation is 2. The molecule has 2 N–H and O–H groups in total. The Morgan fingerprint density at radius 3 is 2.48 bits per heavy atom. The number of amides is 2. The van der Waals surface area contributed by atoms with Crippen LogP contribution in [0.15, 0.2) is 48.5 Å². The molecule has 0 aliphatic carbocycles. The van der Waals surface area contributed by atoms with E-state index in [-0.39, 0.29) is 12.1 Å². The SMILES string of the molecule is Cc1ccc(-c2c(C)nn3c2NC(=O)C3CC(=O)Nc2ccccc2C(F)(F)F)cc1. The van der Waals surface area contributed by atoms with Crippen LogP contribution in [0.1, 0.15) is 29.3 Å². The van der Waals surface area contributed by atoms with Crippen molar-refractivity contribution in [2.45, 2.75) is 32.5 Å². The molecule has 0 saturated heterocycles. The number of nitrogens with zero attached hydrogens (tertiary/aromatic N) is 2. The molecule has 2 amide bonds. The molecule has 1 aliphatic heterocycles. The maximum absolute atomic E-state index is 13.2. The van der Waals surface area contributed by atoms with Crippen molar-refractivity contribution in [1.29, 1.82) is 0 Å². The Bertz CT molecular complexity index is 1170. The van der Waals surface area contributed by atoms with Crippen molar-refractivity contribution in [3.8, 4) is 11.1 Å². The molecule has 4 rings (SSSR count). The highest BCUT2D eigenvalue weighted by atomic mass is 19.4. The van der Waals surface area contributed by atoms with Gasteiger partial charge < -0.3 is 10.6 Å². The van der Waals surface area contributed by atoms with Crippen LogP contribution in [0.5, 0.6) is 0 Å². The third-order valence-corrected chi connectivity index (χ3v) is 5.15. The standard InChI is InChI=1S/C22H19F3N4O2/c1-12-7-9-14(10-8-12)19-13(2)28-29-17(21(31)27-20(19)29)11-18(30)26-16-6-4-3-5-15(16)22(23,24)25/h3-10,17H,11H2,1-2H3,(H,26,30)(H,27,31). The van der Waals surface area contributed by atoms with Gasteiger partial charge in [-0.2, -0.15) is 18.3 Å². The fourth-order valence-electron chi connectivity index (χ4n) is 3.67. The zero-order valence-electron chi connectivity index (χ0n) is 16.7. The maximum Gasteiger partial charge on any atom is 0.418 e. The van der Waals surface area contributed by atoms with Crippen LogP contribution in [0, 0.1) is 13.8 Å². The molecule has 31 heavy (non-hydrogen) atoms. The van der Waals surface area contributed by atoms with E-state index in [1.807, 2.05) is 31.2 Å². The Kier molecular flexibility index (Phi) is 5.04. The van der Waals surface area contributed by atoms with Gasteiger partial charge in [-0.1, -0.05) is 42.0 Å². The summed E-state index contributed by atoms with van der Waals surface area (Å²) in [5, 5.41) is 9.44. The molecule has 9 heteroatoms. The molecule has 6 nitrogen and oxygen atoms in total. The Labute approximate surface area is 176 Å². The third kappa shape index (κ3) is 3.90. The van der Waals surface area contributed by atoms with Gasteiger partial charge in [0.05, 0.1) is 23.4 Å². The number of fused-ring (bicyclic) bond motifs is 1. The van der Waals surface area contributed by atoms with E-state index < -0.39 is 29.6 Å². The zero-order valence-corrected chi connectivity index (χ0v) is 16.7. The van der Waals surface area contributed by atoms with Crippen molar-refractivity contribution in [2.75, 3.05) is 10.6 Å². The molecular formula is C22H19F3N4O2. The monoisotopic (exact) mass is 428 g/mol. The number of anilines is 2. The smallest absolute Gasteiger partial charge is 0.325 e. The van der Waals surface area contributed by atoms with Crippen LogP contribution in [-0.4, -0.2) is 21.6 Å². The molecule has 1 aliphatic rings. The van der Waals surface area contributed by atoms with Gasteiger partial charge >= 0.3 is 6.18 Å². The first-order valence-corrected chi connectivity index (χ1v) is 9.58. The highest BCUT2D eigenvalue weighted by molar-refractivity contribution is 6.04. The molecule has 0 saturated carbocycles. The molecule has 1 aromatic heterocycles. The quantitative estimate of drug-likeness (QED) is 0.632. The second kappa shape index (κ2) is 7.57. The first kappa shape index (κ1) is 20.6. The van der Waals surface area contributed by atoms with Gasteiger partial charge in [0, 0.05) is 5.56 Å². The normalized spacial score (nSPS) is 15.5. The van der Waals surface area contributed by atoms with Gasteiger partial charge in [-0.05, 0) is 31.5 Å². The van der Waals surface area contributed by atoms with E-state index in [1.54, 1.807) is 6.92 Å². The molecule has 0 fully saturated rings. The minimum Gasteiger partial charge on any atom is -0.325 e. The van der Waals surface area contributed by atoms with E-state index in [2.05, 4.69) is 15.7 Å². The fraction of sp³-hybridized carbons (Fsp3) is 0.227. The summed E-state index contributed by atoms with van der Waals surface area (Å²) in [5.41, 5.74) is 2.08. The summed E-state index contributed by atoms with van der Waals surface area (Å²) in [4.78, 5) is 25.0. The summed E-state index contributed by atoms with van der Waals surface area (Å²) in [6.45, 7) is 3.76. The summed E-state index contributed by atoms with van der Waals surface area (Å²) in [6.07, 6.45) is -4.96. The molecule has 2 heterocycles. The number of carbonyl (C=O) groups is 2. The average molecular weight is 428 g/mol. The molecule has 2 aromatic carbocycles. The predicted octanol–water partition coefficient (Wildman–Crippen LogP) is 4.71. The van der Waals surface area contributed by atoms with Gasteiger partial charge in [-0.15, -0.1) is 0 Å². The number of benzene rings is 2. The number of hydrogen-bond acceptors (Lipinski definition) is 3. The molecule has 0 radical (unpaired) electrons. The van der Waals surface area contributed by atoms with Gasteiger partial charge in [-0.25, -0.2) is 4.68 Å². The summed E-state index contributed by atoms with van der Waals surface area (Å²) < 4.78 is 40.9. The van der Waals surface area contributed by atoms with Crippen LogP contribution in [0.4, 0.5) is 24.7 Å². The van der Waals surface area contributed by atoms with E-state index in [4.69, 9.17) is 0 Å². The van der Waals surface area contributed by atoms with Crippen molar-refractivity contribution in [3.63, 3.8) is 0 Å². The first-order chi connectivity index (χ1) is 14.6. The van der Waals surface area contributed by atoms with Gasteiger partial charge in [0.1, 0.15) is 11.9 Å². The van der Waals surface area contributed by atoms with Crippen molar-refractivity contribution >= 4 is 23.3 Å². The second-order valence-corrected chi connectivity index (χ2v) is 7.42. The summed E-state index contributed by atoms with van der Waals surface area (Å²) in [7, 11) is 0. The lowest BCUT2D eigenvalue weighted by atomic mass is 10.0. The van der Waals surface area contributed by atoms with Crippen molar-refractivity contribution in [3.05, 3.63) is 65.4 Å². The van der Waals surface area contributed by atoms with Crippen LogP contribution < -0.4 is 10.6 Å². The number of carbonyl (C=O) groups excluding carboxylic acids is 2. The van der Waals surface area contributed by atoms with Crippen molar-refractivity contribution < 1.29 is 22.8 Å². The molecule has 0 bridgehead atoms. The van der Waals surface area contributed by atoms with Crippen LogP contribution in [-0.2, 0) is 15.8 Å². The van der Waals surface area contributed by atoms with Gasteiger partial charge in [0.2, 0.25) is 5.91 Å². The van der Waals surface area contributed by atoms with E-state index in [9.17, 15) is 22.8 Å². The average Bonchev–Trinajstić information content (AvgIpc) is 3.16. The summed E-state index contributed by atoms with van der Waals surface area (Å²) in [5.74, 6) is -0.676. The lowest BCUT2D eigenvalue weighted by Crippen LogP contribution is -2.24. The molecule has 1 atom stereocenters. The Balaban J connectivity index is 1.58. The number of aromatic nitrogens is 2. The molecule has 0 spiro atoms. The maximum atomic E-state index is 13.2. The second-order valence-electron chi connectivity index (χ2n) is 7.42. The van der Waals surface area contributed by atoms with Crippen LogP contribution in [0.25, 0.3) is 11.1 Å². The van der Waals surface area contributed by atoms with E-state index in [1.165, 1.54) is 22.9 Å². The first-order valence-electron chi connectivity index (χ1n) is 9.58. The van der Waals surface area contributed by atoms with E-state index in [0.717, 1.165) is 22.8 Å². The summed E-state index contributed by atoms with van der Waals surface area (Å²) in [6, 6.07) is 11.5. The number of halogens is 3. The minimum atomic E-state index is -4.61. The van der Waals surface area contributed by atoms with Crippen LogP contribution in [0.3, 0.4) is 0 Å². The number of para-hydroxylation sites is 1. The Morgan fingerprint density at radius 1 is 1.13 bits per heavy atom. The fourth-order valence-corrected chi connectivity index (χ4v) is 3.67. The predicted molar refractivity (Wildman–Crippen MR) is 109 cm³/mol. The Hall–Kier alpha value is -3.62. The van der Waals surface area contributed by atoms with Gasteiger partial charge in [-0.3, -0.25) is 9.59 Å². The van der Waals surface area contributed by atoms with Gasteiger partial charge in [0.15, 0.2) is 0 Å². The lowest BCUT2D eigenvalue weighted by molar-refractivity contribution is -0.137.